The van der Waals surface area contributed by atoms with Crippen LogP contribution in [0, 0.1) is 0 Å². The topological polar surface area (TPSA) is 83.5 Å². The second kappa shape index (κ2) is 3.39. The molecule has 0 amide bonds. The first kappa shape index (κ1) is 9.72. The summed E-state index contributed by atoms with van der Waals surface area (Å²) in [5.74, 6) is 0. The summed E-state index contributed by atoms with van der Waals surface area (Å²) >= 11 is 5.80. The number of hydrogen-bond acceptors (Lipinski definition) is 3. The van der Waals surface area contributed by atoms with Gasteiger partial charge in [-0.3, -0.25) is 14.8 Å². The summed E-state index contributed by atoms with van der Waals surface area (Å²) in [6.07, 6.45) is 1.58. The van der Waals surface area contributed by atoms with Crippen molar-refractivity contribution in [1.29, 1.82) is 0 Å². The predicted octanol–water partition coefficient (Wildman–Crippen LogP) is 0.252. The number of rotatable bonds is 2. The smallest absolute Gasteiger partial charge is 0.305 e. The van der Waals surface area contributed by atoms with Crippen LogP contribution in [0.15, 0.2) is 22.2 Å². The molecule has 0 aromatic carbocycles. The monoisotopic (exact) mass is 226 g/mol. The van der Waals surface area contributed by atoms with Gasteiger partial charge in [-0.2, -0.15) is 4.98 Å². The third-order valence-corrected chi connectivity index (χ3v) is 2.20. The minimum Gasteiger partial charge on any atom is -0.305 e. The molecule has 0 fully saturated rings. The van der Waals surface area contributed by atoms with E-state index in [1.54, 1.807) is 6.08 Å². The van der Waals surface area contributed by atoms with Crippen LogP contribution in [0.5, 0.6) is 0 Å². The maximum Gasteiger partial charge on any atom is 0.327 e. The fraction of sp³-hybridized carbons (Fsp3) is 0.125. The quantitative estimate of drug-likeness (QED) is 0.569. The van der Waals surface area contributed by atoms with E-state index in [-0.39, 0.29) is 16.4 Å². The van der Waals surface area contributed by atoms with Gasteiger partial charge in [0, 0.05) is 6.54 Å². The average Bonchev–Trinajstić information content (AvgIpc) is 2.43. The first-order valence-electron chi connectivity index (χ1n) is 4.12. The Morgan fingerprint density at radius 2 is 2.20 bits per heavy atom. The van der Waals surface area contributed by atoms with E-state index >= 15 is 0 Å². The van der Waals surface area contributed by atoms with Gasteiger partial charge in [0.05, 0.1) is 0 Å². The lowest BCUT2D eigenvalue weighted by Gasteiger charge is -1.98. The number of halogens is 1. The van der Waals surface area contributed by atoms with E-state index in [2.05, 4.69) is 21.5 Å². The summed E-state index contributed by atoms with van der Waals surface area (Å²) in [5.41, 5.74) is -0.711. The Morgan fingerprint density at radius 1 is 1.47 bits per heavy atom. The number of nitrogens with zero attached hydrogens (tertiary/aromatic N) is 2. The predicted molar refractivity (Wildman–Crippen MR) is 56.2 cm³/mol. The molecule has 0 spiro atoms. The Hall–Kier alpha value is -1.82. The van der Waals surface area contributed by atoms with Crippen molar-refractivity contribution < 1.29 is 0 Å². The molecule has 2 aromatic heterocycles. The van der Waals surface area contributed by atoms with E-state index in [9.17, 15) is 9.59 Å². The maximum atomic E-state index is 11.5. The fourth-order valence-electron chi connectivity index (χ4n) is 1.34. The minimum absolute atomic E-state index is 0.136. The van der Waals surface area contributed by atoms with Crippen LogP contribution < -0.4 is 11.2 Å². The molecule has 78 valence electrons. The molecule has 0 unspecified atom stereocenters. The summed E-state index contributed by atoms with van der Waals surface area (Å²) in [6.45, 7) is 3.89. The minimum atomic E-state index is -0.604. The van der Waals surface area contributed by atoms with Crippen LogP contribution in [-0.4, -0.2) is 19.5 Å². The Kier molecular flexibility index (Phi) is 2.20. The van der Waals surface area contributed by atoms with Gasteiger partial charge in [-0.05, 0) is 11.6 Å². The molecular weight excluding hydrogens is 220 g/mol. The highest BCUT2D eigenvalue weighted by Gasteiger charge is 2.11. The van der Waals surface area contributed by atoms with Crippen LogP contribution in [0.4, 0.5) is 0 Å². The number of allylic oxidation sites excluding steroid dienone is 1. The van der Waals surface area contributed by atoms with Crippen LogP contribution in [0.3, 0.4) is 0 Å². The highest BCUT2D eigenvalue weighted by atomic mass is 35.5. The molecule has 0 saturated heterocycles. The van der Waals surface area contributed by atoms with E-state index in [4.69, 9.17) is 11.6 Å². The standard InChI is InChI=1S/C8H7ClN4O2/c1-2-3-13-4-5(10-7(13)9)11-8(15)12-6(4)14/h2H,1,3H2,(H2,11,12,14,15). The molecule has 0 radical (unpaired) electrons. The number of nitrogens with one attached hydrogen (secondary N) is 2. The largest absolute Gasteiger partial charge is 0.327 e. The lowest BCUT2D eigenvalue weighted by Crippen LogP contribution is -2.23. The molecule has 0 bridgehead atoms. The van der Waals surface area contributed by atoms with Gasteiger partial charge in [0.1, 0.15) is 0 Å². The first-order valence-corrected chi connectivity index (χ1v) is 4.50. The van der Waals surface area contributed by atoms with Crippen molar-refractivity contribution in [3.8, 4) is 0 Å². The molecule has 2 aromatic rings. The van der Waals surface area contributed by atoms with Gasteiger partial charge in [-0.25, -0.2) is 4.79 Å². The Bertz CT molecular complexity index is 636. The van der Waals surface area contributed by atoms with E-state index < -0.39 is 11.2 Å². The van der Waals surface area contributed by atoms with Crippen molar-refractivity contribution in [2.75, 3.05) is 0 Å². The SMILES string of the molecule is C=CCn1c(Cl)nc2[nH]c(=O)[nH]c(=O)c21. The number of aromatic amines is 2. The molecule has 0 aliphatic carbocycles. The summed E-state index contributed by atoms with van der Waals surface area (Å²) in [4.78, 5) is 30.8. The number of H-pyrrole nitrogens is 2. The van der Waals surface area contributed by atoms with Crippen molar-refractivity contribution in [3.05, 3.63) is 38.8 Å². The Morgan fingerprint density at radius 3 is 2.87 bits per heavy atom. The van der Waals surface area contributed by atoms with Crippen LogP contribution >= 0.6 is 11.6 Å². The van der Waals surface area contributed by atoms with E-state index in [1.807, 2.05) is 0 Å². The number of fused-ring (bicyclic) bond motifs is 1. The lowest BCUT2D eigenvalue weighted by molar-refractivity contribution is 0.845. The molecule has 15 heavy (non-hydrogen) atoms. The highest BCUT2D eigenvalue weighted by molar-refractivity contribution is 6.29. The number of aromatic nitrogens is 4. The Balaban J connectivity index is 2.92. The van der Waals surface area contributed by atoms with Gasteiger partial charge in [-0.1, -0.05) is 6.08 Å². The molecule has 2 N–H and O–H groups in total. The highest BCUT2D eigenvalue weighted by Crippen LogP contribution is 2.13. The van der Waals surface area contributed by atoms with Gasteiger partial charge in [0.15, 0.2) is 11.2 Å². The third-order valence-electron chi connectivity index (χ3n) is 1.91. The van der Waals surface area contributed by atoms with Crippen molar-refractivity contribution >= 4 is 22.8 Å². The van der Waals surface area contributed by atoms with E-state index in [0.717, 1.165) is 0 Å². The molecule has 6 nitrogen and oxygen atoms in total. The fourth-order valence-corrected chi connectivity index (χ4v) is 1.58. The van der Waals surface area contributed by atoms with Crippen molar-refractivity contribution in [3.63, 3.8) is 0 Å². The second-order valence-corrected chi connectivity index (χ2v) is 3.22. The molecule has 0 aliphatic rings. The molecule has 0 saturated carbocycles. The number of imidazole rings is 1. The Labute approximate surface area is 88.2 Å². The van der Waals surface area contributed by atoms with Gasteiger partial charge >= 0.3 is 5.69 Å². The normalized spacial score (nSPS) is 10.7. The summed E-state index contributed by atoms with van der Waals surface area (Å²) in [5, 5.41) is 0.136. The van der Waals surface area contributed by atoms with Gasteiger partial charge in [-0.15, -0.1) is 6.58 Å². The molecule has 2 rings (SSSR count). The van der Waals surface area contributed by atoms with Crippen LogP contribution in [0.2, 0.25) is 5.28 Å². The molecule has 7 heteroatoms. The van der Waals surface area contributed by atoms with Crippen molar-refractivity contribution in [2.24, 2.45) is 0 Å². The maximum absolute atomic E-state index is 11.5. The zero-order valence-electron chi connectivity index (χ0n) is 7.58. The van der Waals surface area contributed by atoms with E-state index in [0.29, 0.717) is 6.54 Å². The summed E-state index contributed by atoms with van der Waals surface area (Å²) < 4.78 is 1.46. The molecule has 0 atom stereocenters. The van der Waals surface area contributed by atoms with Crippen LogP contribution in [0.1, 0.15) is 0 Å². The molecule has 0 aliphatic heterocycles. The zero-order valence-corrected chi connectivity index (χ0v) is 8.34. The summed E-state index contributed by atoms with van der Waals surface area (Å²) in [7, 11) is 0. The third kappa shape index (κ3) is 1.48. The van der Waals surface area contributed by atoms with Crippen molar-refractivity contribution in [1.82, 2.24) is 19.5 Å². The lowest BCUT2D eigenvalue weighted by atomic mass is 10.5. The van der Waals surface area contributed by atoms with Gasteiger partial charge < -0.3 is 4.57 Å². The average molecular weight is 227 g/mol. The zero-order chi connectivity index (χ0) is 11.0. The number of hydrogen-bond donors (Lipinski definition) is 2. The van der Waals surface area contributed by atoms with Crippen LogP contribution in [-0.2, 0) is 6.54 Å². The second-order valence-electron chi connectivity index (χ2n) is 2.89. The van der Waals surface area contributed by atoms with Crippen LogP contribution in [0.25, 0.3) is 11.2 Å². The molecule has 2 heterocycles. The van der Waals surface area contributed by atoms with Gasteiger partial charge in [0.25, 0.3) is 5.56 Å². The van der Waals surface area contributed by atoms with Crippen molar-refractivity contribution in [2.45, 2.75) is 6.54 Å². The molecular formula is C8H7ClN4O2. The van der Waals surface area contributed by atoms with E-state index in [1.165, 1.54) is 4.57 Å². The summed E-state index contributed by atoms with van der Waals surface area (Å²) in [6, 6.07) is 0. The first-order chi connectivity index (χ1) is 7.13. The van der Waals surface area contributed by atoms with Gasteiger partial charge in [0.2, 0.25) is 5.28 Å².